The first kappa shape index (κ1) is 20.0. The third-order valence-corrected chi connectivity index (χ3v) is 6.20. The smallest absolute Gasteiger partial charge is 0.220 e. The number of anilines is 2. The minimum atomic E-state index is 0.253. The first-order chi connectivity index (χ1) is 14.2. The number of carbonyl (C=O) groups excluding carboxylic acids is 1. The van der Waals surface area contributed by atoms with Gasteiger partial charge in [-0.15, -0.1) is 0 Å². The lowest BCUT2D eigenvalue weighted by Gasteiger charge is -2.33. The van der Waals surface area contributed by atoms with Crippen LogP contribution in [0.2, 0.25) is 0 Å². The number of para-hydroxylation sites is 1. The summed E-state index contributed by atoms with van der Waals surface area (Å²) < 4.78 is 0. The molecule has 1 heterocycles. The summed E-state index contributed by atoms with van der Waals surface area (Å²) in [6.07, 6.45) is 6.55. The zero-order valence-electron chi connectivity index (χ0n) is 17.5. The Hall–Kier alpha value is -2.33. The number of rotatable bonds is 8. The highest BCUT2D eigenvalue weighted by Gasteiger charge is 2.24. The Bertz CT molecular complexity index is 785. The summed E-state index contributed by atoms with van der Waals surface area (Å²) in [7, 11) is 2.11. The summed E-state index contributed by atoms with van der Waals surface area (Å²) in [5.41, 5.74) is 3.77. The van der Waals surface area contributed by atoms with Crippen LogP contribution >= 0.6 is 0 Å². The second-order valence-electron chi connectivity index (χ2n) is 8.68. The second-order valence-corrected chi connectivity index (χ2v) is 8.68. The van der Waals surface area contributed by atoms with Gasteiger partial charge in [0, 0.05) is 44.0 Å². The van der Waals surface area contributed by atoms with Gasteiger partial charge in [-0.3, -0.25) is 9.69 Å². The number of benzene rings is 2. The molecule has 154 valence electrons. The van der Waals surface area contributed by atoms with Crippen molar-refractivity contribution < 1.29 is 4.79 Å². The molecule has 0 aromatic heterocycles. The van der Waals surface area contributed by atoms with Crippen molar-refractivity contribution in [2.75, 3.05) is 25.0 Å². The zero-order valence-corrected chi connectivity index (χ0v) is 17.5. The van der Waals surface area contributed by atoms with E-state index in [4.69, 9.17) is 0 Å². The molecule has 0 radical (unpaired) electrons. The van der Waals surface area contributed by atoms with Crippen LogP contribution in [0, 0.1) is 5.92 Å². The first-order valence-corrected chi connectivity index (χ1v) is 11.1. The van der Waals surface area contributed by atoms with Gasteiger partial charge in [0.2, 0.25) is 5.91 Å². The highest BCUT2D eigenvalue weighted by molar-refractivity contribution is 5.76. The molecular weight excluding hydrogens is 358 g/mol. The molecule has 0 spiro atoms. The van der Waals surface area contributed by atoms with E-state index in [0.29, 0.717) is 18.4 Å². The summed E-state index contributed by atoms with van der Waals surface area (Å²) in [6, 6.07) is 19.9. The van der Waals surface area contributed by atoms with Gasteiger partial charge < -0.3 is 10.2 Å². The van der Waals surface area contributed by atoms with E-state index in [1.54, 1.807) is 0 Å². The van der Waals surface area contributed by atoms with Crippen molar-refractivity contribution >= 4 is 17.3 Å². The second kappa shape index (κ2) is 9.45. The molecule has 1 N–H and O–H groups in total. The van der Waals surface area contributed by atoms with Crippen LogP contribution in [0.5, 0.6) is 0 Å². The number of hydrogen-bond acceptors (Lipinski definition) is 3. The maximum Gasteiger partial charge on any atom is 0.220 e. The molecule has 2 aliphatic rings. The normalized spacial score (nSPS) is 19.7. The van der Waals surface area contributed by atoms with Crippen molar-refractivity contribution in [1.29, 1.82) is 0 Å². The Labute approximate surface area is 174 Å². The predicted octanol–water partition coefficient (Wildman–Crippen LogP) is 4.73. The van der Waals surface area contributed by atoms with Crippen molar-refractivity contribution in [3.05, 3.63) is 60.2 Å². The van der Waals surface area contributed by atoms with Crippen LogP contribution in [-0.4, -0.2) is 37.0 Å². The Kier molecular flexibility index (Phi) is 6.50. The number of carbonyl (C=O) groups is 1. The molecule has 0 unspecified atom stereocenters. The summed E-state index contributed by atoms with van der Waals surface area (Å²) in [5, 5.41) is 3.11. The maximum absolute atomic E-state index is 12.0. The van der Waals surface area contributed by atoms with Gasteiger partial charge in [-0.2, -0.15) is 0 Å². The van der Waals surface area contributed by atoms with Crippen molar-refractivity contribution in [1.82, 2.24) is 10.2 Å². The first-order valence-electron chi connectivity index (χ1n) is 11.1. The Morgan fingerprint density at radius 1 is 1.03 bits per heavy atom. The summed E-state index contributed by atoms with van der Waals surface area (Å²) in [4.78, 5) is 16.7. The molecule has 4 heteroatoms. The molecule has 0 bridgehead atoms. The van der Waals surface area contributed by atoms with E-state index in [1.807, 2.05) is 6.07 Å². The van der Waals surface area contributed by atoms with Crippen LogP contribution in [0.15, 0.2) is 54.6 Å². The van der Waals surface area contributed by atoms with Crippen molar-refractivity contribution in [2.45, 2.75) is 51.1 Å². The number of amides is 1. The number of nitrogens with one attached hydrogen (secondary N) is 1. The topological polar surface area (TPSA) is 35.6 Å². The molecule has 1 saturated carbocycles. The Balaban J connectivity index is 1.26. The molecule has 1 amide bonds. The molecule has 4 rings (SSSR count). The van der Waals surface area contributed by atoms with E-state index >= 15 is 0 Å². The molecule has 29 heavy (non-hydrogen) atoms. The fourth-order valence-corrected chi connectivity index (χ4v) is 4.28. The summed E-state index contributed by atoms with van der Waals surface area (Å²) in [5.74, 6) is 0.903. The van der Waals surface area contributed by atoms with Gasteiger partial charge >= 0.3 is 0 Å². The van der Waals surface area contributed by atoms with E-state index in [-0.39, 0.29) is 5.91 Å². The third kappa shape index (κ3) is 5.83. The quantitative estimate of drug-likeness (QED) is 0.707. The minimum absolute atomic E-state index is 0.253. The lowest BCUT2D eigenvalue weighted by molar-refractivity contribution is -0.121. The van der Waals surface area contributed by atoms with Crippen LogP contribution in [0.25, 0.3) is 0 Å². The van der Waals surface area contributed by atoms with Gasteiger partial charge in [-0.05, 0) is 74.4 Å². The van der Waals surface area contributed by atoms with Crippen LogP contribution in [0.4, 0.5) is 11.4 Å². The molecular formula is C25H33N3O. The van der Waals surface area contributed by atoms with Crippen LogP contribution < -0.4 is 10.2 Å². The largest absolute Gasteiger partial charge is 0.353 e. The summed E-state index contributed by atoms with van der Waals surface area (Å²) >= 11 is 0. The van der Waals surface area contributed by atoms with E-state index in [1.165, 1.54) is 42.6 Å². The SMILES string of the molecule is CN(c1ccccc1)c1ccc(CN2CCC[C@H](CCC(=O)NC3CC3)C2)cc1. The van der Waals surface area contributed by atoms with Crippen molar-refractivity contribution in [3.63, 3.8) is 0 Å². The summed E-state index contributed by atoms with van der Waals surface area (Å²) in [6.45, 7) is 3.28. The lowest BCUT2D eigenvalue weighted by atomic mass is 9.93. The van der Waals surface area contributed by atoms with Gasteiger partial charge in [-0.1, -0.05) is 30.3 Å². The van der Waals surface area contributed by atoms with E-state index in [0.717, 1.165) is 26.1 Å². The molecule has 2 aromatic carbocycles. The predicted molar refractivity (Wildman–Crippen MR) is 119 cm³/mol. The van der Waals surface area contributed by atoms with Crippen LogP contribution in [0.3, 0.4) is 0 Å². The lowest BCUT2D eigenvalue weighted by Crippen LogP contribution is -2.35. The van der Waals surface area contributed by atoms with Crippen molar-refractivity contribution in [2.24, 2.45) is 5.92 Å². The highest BCUT2D eigenvalue weighted by Crippen LogP contribution is 2.26. The van der Waals surface area contributed by atoms with E-state index in [9.17, 15) is 4.79 Å². The number of piperidine rings is 1. The number of nitrogens with zero attached hydrogens (tertiary/aromatic N) is 2. The van der Waals surface area contributed by atoms with Crippen molar-refractivity contribution in [3.8, 4) is 0 Å². The highest BCUT2D eigenvalue weighted by atomic mass is 16.1. The van der Waals surface area contributed by atoms with Crippen LogP contribution in [-0.2, 0) is 11.3 Å². The van der Waals surface area contributed by atoms with Gasteiger partial charge in [0.05, 0.1) is 0 Å². The Morgan fingerprint density at radius 3 is 2.48 bits per heavy atom. The number of likely N-dealkylation sites (tertiary alicyclic amines) is 1. The monoisotopic (exact) mass is 391 g/mol. The van der Waals surface area contributed by atoms with Crippen LogP contribution in [0.1, 0.15) is 44.1 Å². The zero-order chi connectivity index (χ0) is 20.1. The molecule has 2 aromatic rings. The Morgan fingerprint density at radius 2 is 1.76 bits per heavy atom. The number of hydrogen-bond donors (Lipinski definition) is 1. The molecule has 4 nitrogen and oxygen atoms in total. The third-order valence-electron chi connectivity index (χ3n) is 6.20. The molecule has 1 aliphatic carbocycles. The van der Waals surface area contributed by atoms with Gasteiger partial charge in [-0.25, -0.2) is 0 Å². The van der Waals surface area contributed by atoms with E-state index < -0.39 is 0 Å². The standard InChI is InChI=1S/C25H33N3O/c1-27(23-7-3-2-4-8-23)24-14-9-21(10-15-24)19-28-17-5-6-20(18-28)11-16-25(29)26-22-12-13-22/h2-4,7-10,14-15,20,22H,5-6,11-13,16-19H2,1H3,(H,26,29)/t20-/m1/s1. The molecule has 2 fully saturated rings. The van der Waals surface area contributed by atoms with Gasteiger partial charge in [0.25, 0.3) is 0 Å². The van der Waals surface area contributed by atoms with E-state index in [2.05, 4.69) is 70.7 Å². The average Bonchev–Trinajstić information content (AvgIpc) is 3.57. The molecule has 1 saturated heterocycles. The molecule has 1 aliphatic heterocycles. The van der Waals surface area contributed by atoms with Gasteiger partial charge in [0.15, 0.2) is 0 Å². The molecule has 1 atom stereocenters. The van der Waals surface area contributed by atoms with Gasteiger partial charge in [0.1, 0.15) is 0 Å². The fourth-order valence-electron chi connectivity index (χ4n) is 4.28. The minimum Gasteiger partial charge on any atom is -0.353 e. The maximum atomic E-state index is 12.0. The average molecular weight is 392 g/mol. The fraction of sp³-hybridized carbons (Fsp3) is 0.480.